The Morgan fingerprint density at radius 3 is 2.52 bits per heavy atom. The fourth-order valence-electron chi connectivity index (χ4n) is 2.11. The molecule has 0 radical (unpaired) electrons. The Bertz CT molecular complexity index is 858. The van der Waals surface area contributed by atoms with E-state index in [0.717, 1.165) is 22.8 Å². The van der Waals surface area contributed by atoms with Gasteiger partial charge in [0.2, 0.25) is 5.91 Å². The number of carbonyl (C=O) groups is 2. The number of carbonyl (C=O) groups excluding carboxylic acids is 2. The quantitative estimate of drug-likeness (QED) is 0.770. The molecule has 0 bridgehead atoms. The van der Waals surface area contributed by atoms with Crippen LogP contribution >= 0.6 is 11.7 Å². The van der Waals surface area contributed by atoms with Crippen LogP contribution in [0.15, 0.2) is 42.5 Å². The van der Waals surface area contributed by atoms with Gasteiger partial charge in [-0.2, -0.15) is 8.75 Å². The summed E-state index contributed by atoms with van der Waals surface area (Å²) in [6.45, 7) is 0. The van der Waals surface area contributed by atoms with E-state index in [9.17, 15) is 9.59 Å². The van der Waals surface area contributed by atoms with Crippen molar-refractivity contribution >= 4 is 40.3 Å². The predicted molar refractivity (Wildman–Crippen MR) is 89.6 cm³/mol. The molecule has 0 aliphatic rings. The van der Waals surface area contributed by atoms with Crippen molar-refractivity contribution in [2.75, 3.05) is 12.4 Å². The van der Waals surface area contributed by atoms with Gasteiger partial charge in [-0.15, -0.1) is 0 Å². The highest BCUT2D eigenvalue weighted by atomic mass is 32.1. The number of amides is 2. The number of rotatable bonds is 4. The minimum absolute atomic E-state index is 0.0491. The highest BCUT2D eigenvalue weighted by molar-refractivity contribution is 7.00. The predicted octanol–water partition coefficient (Wildman–Crippen LogP) is 2.23. The Morgan fingerprint density at radius 2 is 1.78 bits per heavy atom. The molecule has 116 valence electrons. The van der Waals surface area contributed by atoms with Gasteiger partial charge < -0.3 is 10.6 Å². The first-order valence-corrected chi connectivity index (χ1v) is 7.72. The number of nitrogens with zero attached hydrogens (tertiary/aromatic N) is 2. The molecule has 7 heteroatoms. The molecule has 23 heavy (non-hydrogen) atoms. The minimum atomic E-state index is -0.209. The van der Waals surface area contributed by atoms with E-state index in [1.165, 1.54) is 0 Å². The molecule has 0 saturated heterocycles. The van der Waals surface area contributed by atoms with Crippen LogP contribution in [0.5, 0.6) is 0 Å². The number of benzene rings is 2. The Balaban J connectivity index is 1.70. The maximum Gasteiger partial charge on any atom is 0.255 e. The maximum absolute atomic E-state index is 12.3. The van der Waals surface area contributed by atoms with E-state index in [1.54, 1.807) is 37.4 Å². The van der Waals surface area contributed by atoms with Gasteiger partial charge in [0.25, 0.3) is 5.91 Å². The van der Waals surface area contributed by atoms with Crippen LogP contribution in [0.2, 0.25) is 0 Å². The second-order valence-electron chi connectivity index (χ2n) is 4.97. The first-order valence-electron chi connectivity index (χ1n) is 6.99. The minimum Gasteiger partial charge on any atom is -0.359 e. The fourth-order valence-corrected chi connectivity index (χ4v) is 2.62. The lowest BCUT2D eigenvalue weighted by atomic mass is 10.1. The summed E-state index contributed by atoms with van der Waals surface area (Å²) in [5.74, 6) is -0.258. The number of fused-ring (bicyclic) bond motifs is 1. The molecule has 2 aromatic carbocycles. The van der Waals surface area contributed by atoms with Crippen molar-refractivity contribution in [3.63, 3.8) is 0 Å². The Kier molecular flexibility index (Phi) is 4.29. The molecule has 0 aliphatic carbocycles. The van der Waals surface area contributed by atoms with Crippen LogP contribution in [0.3, 0.4) is 0 Å². The van der Waals surface area contributed by atoms with E-state index in [0.29, 0.717) is 23.2 Å². The summed E-state index contributed by atoms with van der Waals surface area (Å²) >= 11 is 1.12. The molecule has 2 N–H and O–H groups in total. The summed E-state index contributed by atoms with van der Waals surface area (Å²) < 4.78 is 8.24. The van der Waals surface area contributed by atoms with Crippen LogP contribution in [0.4, 0.5) is 5.69 Å². The third kappa shape index (κ3) is 3.51. The molecule has 3 aromatic rings. The lowest BCUT2D eigenvalue weighted by Gasteiger charge is -2.06. The van der Waals surface area contributed by atoms with Gasteiger partial charge in [0.15, 0.2) is 0 Å². The number of nitrogens with one attached hydrogen (secondary N) is 2. The second-order valence-corrected chi connectivity index (χ2v) is 5.50. The summed E-state index contributed by atoms with van der Waals surface area (Å²) in [6.07, 6.45) is 0.318. The van der Waals surface area contributed by atoms with Crippen molar-refractivity contribution in [1.29, 1.82) is 0 Å². The number of aromatic nitrogens is 2. The van der Waals surface area contributed by atoms with Crippen molar-refractivity contribution in [3.05, 3.63) is 53.6 Å². The number of hydrogen-bond acceptors (Lipinski definition) is 5. The van der Waals surface area contributed by atoms with Crippen LogP contribution < -0.4 is 10.6 Å². The van der Waals surface area contributed by atoms with Crippen molar-refractivity contribution in [2.45, 2.75) is 6.42 Å². The topological polar surface area (TPSA) is 84.0 Å². The van der Waals surface area contributed by atoms with Gasteiger partial charge in [-0.25, -0.2) is 0 Å². The lowest BCUT2D eigenvalue weighted by Crippen LogP contribution is -2.19. The van der Waals surface area contributed by atoms with Gasteiger partial charge in [0, 0.05) is 18.3 Å². The molecule has 0 aliphatic heterocycles. The molecule has 3 rings (SSSR count). The van der Waals surface area contributed by atoms with Gasteiger partial charge in [0.1, 0.15) is 11.0 Å². The Morgan fingerprint density at radius 1 is 1.04 bits per heavy atom. The second kappa shape index (κ2) is 6.53. The summed E-state index contributed by atoms with van der Waals surface area (Å²) in [5.41, 5.74) is 3.58. The number of likely N-dealkylation sites (N-methyl/N-ethyl adjacent to an activating group) is 1. The molecule has 0 spiro atoms. The number of anilines is 1. The molecule has 0 atom stereocenters. The molecular weight excluding hydrogens is 312 g/mol. The van der Waals surface area contributed by atoms with Crippen LogP contribution in [0, 0.1) is 0 Å². The number of hydrogen-bond donors (Lipinski definition) is 2. The first-order chi connectivity index (χ1) is 11.2. The summed E-state index contributed by atoms with van der Waals surface area (Å²) in [7, 11) is 1.60. The standard InChI is InChI=1S/C16H14N4O2S/c1-17-15(21)8-10-2-5-12(6-3-10)18-16(22)11-4-7-13-14(9-11)20-23-19-13/h2-7,9H,8H2,1H3,(H,17,21)(H,18,22). The maximum atomic E-state index is 12.3. The van der Waals surface area contributed by atoms with Crippen LogP contribution in [0.1, 0.15) is 15.9 Å². The Labute approximate surface area is 136 Å². The van der Waals surface area contributed by atoms with Gasteiger partial charge in [-0.05, 0) is 35.9 Å². The molecule has 1 aromatic heterocycles. The van der Waals surface area contributed by atoms with Crippen LogP contribution in [-0.2, 0) is 11.2 Å². The largest absolute Gasteiger partial charge is 0.359 e. The van der Waals surface area contributed by atoms with Crippen molar-refractivity contribution in [1.82, 2.24) is 14.1 Å². The fraction of sp³-hybridized carbons (Fsp3) is 0.125. The SMILES string of the molecule is CNC(=O)Cc1ccc(NC(=O)c2ccc3nsnc3c2)cc1. The molecular formula is C16H14N4O2S. The average Bonchev–Trinajstić information content (AvgIpc) is 3.04. The zero-order chi connectivity index (χ0) is 16.2. The van der Waals surface area contributed by atoms with E-state index in [4.69, 9.17) is 0 Å². The molecule has 2 amide bonds. The van der Waals surface area contributed by atoms with E-state index in [-0.39, 0.29) is 11.8 Å². The van der Waals surface area contributed by atoms with Gasteiger partial charge in [-0.3, -0.25) is 9.59 Å². The van der Waals surface area contributed by atoms with Gasteiger partial charge >= 0.3 is 0 Å². The zero-order valence-electron chi connectivity index (χ0n) is 12.4. The highest BCUT2D eigenvalue weighted by Crippen LogP contribution is 2.16. The zero-order valence-corrected chi connectivity index (χ0v) is 13.2. The summed E-state index contributed by atoms with van der Waals surface area (Å²) in [4.78, 5) is 23.6. The van der Waals surface area contributed by atoms with E-state index >= 15 is 0 Å². The molecule has 0 fully saturated rings. The lowest BCUT2D eigenvalue weighted by molar-refractivity contribution is -0.119. The third-order valence-corrected chi connectivity index (χ3v) is 3.93. The van der Waals surface area contributed by atoms with Gasteiger partial charge in [0.05, 0.1) is 18.1 Å². The van der Waals surface area contributed by atoms with Gasteiger partial charge in [-0.1, -0.05) is 12.1 Å². The first kappa shape index (κ1) is 15.1. The average molecular weight is 326 g/mol. The third-order valence-electron chi connectivity index (χ3n) is 3.37. The Hall–Kier alpha value is -2.80. The summed E-state index contributed by atoms with van der Waals surface area (Å²) in [5, 5.41) is 5.40. The van der Waals surface area contributed by atoms with E-state index < -0.39 is 0 Å². The van der Waals surface area contributed by atoms with Crippen LogP contribution in [-0.4, -0.2) is 27.6 Å². The molecule has 0 saturated carbocycles. The molecule has 6 nitrogen and oxygen atoms in total. The normalized spacial score (nSPS) is 10.5. The smallest absolute Gasteiger partial charge is 0.255 e. The molecule has 1 heterocycles. The van der Waals surface area contributed by atoms with Crippen LogP contribution in [0.25, 0.3) is 11.0 Å². The van der Waals surface area contributed by atoms with Crippen molar-refractivity contribution in [2.24, 2.45) is 0 Å². The van der Waals surface area contributed by atoms with E-state index in [2.05, 4.69) is 19.4 Å². The molecule has 0 unspecified atom stereocenters. The van der Waals surface area contributed by atoms with Crippen molar-refractivity contribution in [3.8, 4) is 0 Å². The van der Waals surface area contributed by atoms with E-state index in [1.807, 2.05) is 12.1 Å². The highest BCUT2D eigenvalue weighted by Gasteiger charge is 2.09. The summed E-state index contributed by atoms with van der Waals surface area (Å²) in [6, 6.07) is 12.4. The van der Waals surface area contributed by atoms with Crippen molar-refractivity contribution < 1.29 is 9.59 Å². The monoisotopic (exact) mass is 326 g/mol.